The fourth-order valence-corrected chi connectivity index (χ4v) is 3.68. The number of hydrogen-bond acceptors (Lipinski definition) is 2. The van der Waals surface area contributed by atoms with E-state index in [0.717, 1.165) is 28.2 Å². The number of para-hydroxylation sites is 2. The number of hydrogen-bond donors (Lipinski definition) is 0. The second-order valence-corrected chi connectivity index (χ2v) is 7.01. The molecule has 1 aliphatic heterocycles. The van der Waals surface area contributed by atoms with Gasteiger partial charge in [-0.3, -0.25) is 9.79 Å². The van der Waals surface area contributed by atoms with Gasteiger partial charge in [-0.1, -0.05) is 66.2 Å². The van der Waals surface area contributed by atoms with Crippen molar-refractivity contribution in [1.82, 2.24) is 0 Å². The van der Waals surface area contributed by atoms with Gasteiger partial charge in [0, 0.05) is 18.4 Å². The number of anilines is 1. The monoisotopic (exact) mass is 374 g/mol. The van der Waals surface area contributed by atoms with E-state index in [4.69, 9.17) is 16.6 Å². The molecule has 0 unspecified atom stereocenters. The highest BCUT2D eigenvalue weighted by atomic mass is 35.5. The maximum absolute atomic E-state index is 12.7. The van der Waals surface area contributed by atoms with Gasteiger partial charge < -0.3 is 4.90 Å². The Morgan fingerprint density at radius 1 is 0.963 bits per heavy atom. The first-order valence-electron chi connectivity index (χ1n) is 8.91. The predicted molar refractivity (Wildman–Crippen MR) is 111 cm³/mol. The van der Waals surface area contributed by atoms with Gasteiger partial charge in [-0.25, -0.2) is 0 Å². The fourth-order valence-electron chi connectivity index (χ4n) is 3.55. The van der Waals surface area contributed by atoms with Gasteiger partial charge in [0.05, 0.1) is 23.1 Å². The molecular formula is C23H19ClN2O. The van der Waals surface area contributed by atoms with E-state index in [-0.39, 0.29) is 11.9 Å². The minimum Gasteiger partial charge on any atom is -0.303 e. The molecule has 27 heavy (non-hydrogen) atoms. The lowest BCUT2D eigenvalue weighted by Crippen LogP contribution is -2.33. The smallest absolute Gasteiger partial charge is 0.224 e. The van der Waals surface area contributed by atoms with Crippen molar-refractivity contribution >= 4 is 34.6 Å². The molecule has 1 aliphatic rings. The van der Waals surface area contributed by atoms with Gasteiger partial charge in [-0.05, 0) is 35.4 Å². The first-order chi connectivity index (χ1) is 13.1. The highest BCUT2D eigenvalue weighted by Gasteiger charge is 2.30. The lowest BCUT2D eigenvalue weighted by Gasteiger charge is -2.30. The van der Waals surface area contributed by atoms with Gasteiger partial charge in [0.2, 0.25) is 5.91 Å². The molecule has 0 aromatic heterocycles. The van der Waals surface area contributed by atoms with E-state index in [1.54, 1.807) is 6.92 Å². The molecule has 0 bridgehead atoms. The minimum absolute atomic E-state index is 0.00749. The number of carbonyl (C=O) groups excluding carboxylic acids is 1. The van der Waals surface area contributed by atoms with Crippen LogP contribution >= 0.6 is 11.6 Å². The summed E-state index contributed by atoms with van der Waals surface area (Å²) in [6.07, 6.45) is 0.625. The Morgan fingerprint density at radius 3 is 2.33 bits per heavy atom. The quantitative estimate of drug-likeness (QED) is 0.544. The summed E-state index contributed by atoms with van der Waals surface area (Å²) >= 11 is 6.08. The Morgan fingerprint density at radius 2 is 1.63 bits per heavy atom. The third-order valence-corrected chi connectivity index (χ3v) is 5.05. The second-order valence-electron chi connectivity index (χ2n) is 6.57. The number of aliphatic imine (C=N–C) groups is 1. The van der Waals surface area contributed by atoms with E-state index >= 15 is 0 Å². The van der Waals surface area contributed by atoms with E-state index in [1.165, 1.54) is 0 Å². The van der Waals surface area contributed by atoms with E-state index in [2.05, 4.69) is 12.1 Å². The van der Waals surface area contributed by atoms with Crippen LogP contribution < -0.4 is 4.90 Å². The van der Waals surface area contributed by atoms with Gasteiger partial charge in [0.15, 0.2) is 0 Å². The van der Waals surface area contributed by atoms with Crippen molar-refractivity contribution in [3.05, 3.63) is 95.0 Å². The summed E-state index contributed by atoms with van der Waals surface area (Å²) in [5, 5.41) is 0.680. The van der Waals surface area contributed by atoms with E-state index in [0.29, 0.717) is 11.4 Å². The summed E-state index contributed by atoms with van der Waals surface area (Å²) in [6, 6.07) is 25.5. The number of halogens is 1. The molecule has 0 fully saturated rings. The highest BCUT2D eigenvalue weighted by Crippen LogP contribution is 2.40. The summed E-state index contributed by atoms with van der Waals surface area (Å²) in [6.45, 7) is 1.60. The lowest BCUT2D eigenvalue weighted by atomic mass is 9.96. The van der Waals surface area contributed by atoms with Gasteiger partial charge in [-0.15, -0.1) is 0 Å². The molecule has 134 valence electrons. The third kappa shape index (κ3) is 3.51. The Labute approximate surface area is 163 Å². The van der Waals surface area contributed by atoms with Crippen molar-refractivity contribution in [2.24, 2.45) is 4.99 Å². The van der Waals surface area contributed by atoms with Crippen molar-refractivity contribution < 1.29 is 4.79 Å². The number of rotatable bonds is 2. The van der Waals surface area contributed by atoms with Crippen LogP contribution in [0.3, 0.4) is 0 Å². The number of benzene rings is 3. The number of fused-ring (bicyclic) bond motifs is 1. The number of amides is 1. The molecule has 3 aromatic carbocycles. The normalized spacial score (nSPS) is 16.3. The third-order valence-electron chi connectivity index (χ3n) is 4.80. The van der Waals surface area contributed by atoms with Crippen LogP contribution in [0.25, 0.3) is 0 Å². The molecular weight excluding hydrogens is 356 g/mol. The Hall–Kier alpha value is -2.91. The van der Waals surface area contributed by atoms with Crippen LogP contribution in [0.2, 0.25) is 5.02 Å². The molecule has 0 saturated heterocycles. The van der Waals surface area contributed by atoms with Crippen LogP contribution in [0.1, 0.15) is 30.5 Å². The van der Waals surface area contributed by atoms with Crippen molar-refractivity contribution in [3.8, 4) is 0 Å². The maximum Gasteiger partial charge on any atom is 0.224 e. The van der Waals surface area contributed by atoms with Crippen molar-refractivity contribution in [3.63, 3.8) is 0 Å². The summed E-state index contributed by atoms with van der Waals surface area (Å²) in [4.78, 5) is 19.4. The molecule has 3 aromatic rings. The van der Waals surface area contributed by atoms with Crippen LogP contribution in [0, 0.1) is 0 Å². The molecule has 0 aliphatic carbocycles. The van der Waals surface area contributed by atoms with Crippen molar-refractivity contribution in [1.29, 1.82) is 0 Å². The zero-order valence-corrected chi connectivity index (χ0v) is 15.7. The van der Waals surface area contributed by atoms with Crippen molar-refractivity contribution in [2.45, 2.75) is 19.4 Å². The average molecular weight is 375 g/mol. The molecule has 0 saturated carbocycles. The summed E-state index contributed by atoms with van der Waals surface area (Å²) in [7, 11) is 0. The Kier molecular flexibility index (Phi) is 4.78. The molecule has 4 heteroatoms. The van der Waals surface area contributed by atoms with Crippen LogP contribution in [0.4, 0.5) is 11.4 Å². The summed E-state index contributed by atoms with van der Waals surface area (Å²) in [5.41, 5.74) is 4.71. The average Bonchev–Trinajstić information content (AvgIpc) is 2.86. The summed E-state index contributed by atoms with van der Waals surface area (Å²) < 4.78 is 0. The van der Waals surface area contributed by atoms with Crippen LogP contribution in [-0.2, 0) is 4.79 Å². The number of carbonyl (C=O) groups is 1. The molecule has 1 atom stereocenters. The lowest BCUT2D eigenvalue weighted by molar-refractivity contribution is -0.117. The molecule has 0 radical (unpaired) electrons. The van der Waals surface area contributed by atoms with Gasteiger partial charge >= 0.3 is 0 Å². The van der Waals surface area contributed by atoms with E-state index in [1.807, 2.05) is 71.6 Å². The van der Waals surface area contributed by atoms with E-state index in [9.17, 15) is 4.79 Å². The Bertz CT molecular complexity index is 996. The first-order valence-corrected chi connectivity index (χ1v) is 9.28. The molecule has 4 rings (SSSR count). The van der Waals surface area contributed by atoms with E-state index < -0.39 is 0 Å². The van der Waals surface area contributed by atoms with Crippen LogP contribution in [0.5, 0.6) is 0 Å². The van der Waals surface area contributed by atoms with Gasteiger partial charge in [-0.2, -0.15) is 0 Å². The van der Waals surface area contributed by atoms with Gasteiger partial charge in [0.25, 0.3) is 0 Å². The Balaban J connectivity index is 1.90. The molecule has 1 amide bonds. The zero-order valence-electron chi connectivity index (χ0n) is 15.0. The fraction of sp³-hybridized carbons (Fsp3) is 0.130. The highest BCUT2D eigenvalue weighted by molar-refractivity contribution is 6.30. The molecule has 0 N–H and O–H groups in total. The second kappa shape index (κ2) is 7.37. The minimum atomic E-state index is -0.151. The van der Waals surface area contributed by atoms with Crippen LogP contribution in [0.15, 0.2) is 83.9 Å². The topological polar surface area (TPSA) is 32.7 Å². The molecule has 3 nitrogen and oxygen atoms in total. The number of nitrogens with zero attached hydrogens (tertiary/aromatic N) is 2. The van der Waals surface area contributed by atoms with Crippen molar-refractivity contribution in [2.75, 3.05) is 4.90 Å². The van der Waals surface area contributed by atoms with Crippen LogP contribution in [-0.4, -0.2) is 11.6 Å². The maximum atomic E-state index is 12.7. The zero-order chi connectivity index (χ0) is 18.8. The largest absolute Gasteiger partial charge is 0.303 e. The summed E-state index contributed by atoms with van der Waals surface area (Å²) in [5.74, 6) is -0.00749. The van der Waals surface area contributed by atoms with Gasteiger partial charge in [0.1, 0.15) is 0 Å². The molecule has 0 spiro atoms. The molecule has 1 heterocycles. The predicted octanol–water partition coefficient (Wildman–Crippen LogP) is 5.96. The first kappa shape index (κ1) is 17.5. The standard InChI is InChI=1S/C23H19ClN2O/c1-16(27)26-22-10-6-5-9-20(22)25-21(17-7-3-2-4-8-17)15-23(26)18-11-13-19(24)14-12-18/h2-14,23H,15H2,1H3/t23-/m0/s1. The SMILES string of the molecule is CC(=O)N1c2ccccc2N=C(c2ccccc2)C[C@H]1c1ccc(Cl)cc1.